The molecule has 2 aromatic carbocycles. The van der Waals surface area contributed by atoms with Gasteiger partial charge in [0.05, 0.1) is 12.3 Å². The fourth-order valence-electron chi connectivity index (χ4n) is 1.77. The number of ether oxygens (including phenoxy) is 1. The highest BCUT2D eigenvalue weighted by Crippen LogP contribution is 2.17. The van der Waals surface area contributed by atoms with Gasteiger partial charge in [-0.2, -0.15) is 4.90 Å². The third kappa shape index (κ3) is 3.82. The molecule has 0 radical (unpaired) electrons. The number of carbonyl (C=O) groups is 2. The normalized spacial score (nSPS) is 9.76. The van der Waals surface area contributed by atoms with Crippen molar-refractivity contribution in [3.05, 3.63) is 60.7 Å². The Morgan fingerprint density at radius 3 is 2.14 bits per heavy atom. The van der Waals surface area contributed by atoms with Crippen molar-refractivity contribution in [3.8, 4) is 0 Å². The fraction of sp³-hybridized carbons (Fsp3) is 0.125. The van der Waals surface area contributed by atoms with Gasteiger partial charge in [0, 0.05) is 5.69 Å². The minimum atomic E-state index is -0.711. The van der Waals surface area contributed by atoms with E-state index in [1.165, 1.54) is 0 Å². The molecule has 0 unspecified atom stereocenters. The number of nitrogens with one attached hydrogen (secondary N) is 1. The average Bonchev–Trinajstić information content (AvgIpc) is 2.50. The van der Waals surface area contributed by atoms with Crippen LogP contribution in [0.2, 0.25) is 0 Å². The lowest BCUT2D eigenvalue weighted by molar-refractivity contribution is 0.161. The van der Waals surface area contributed by atoms with Crippen LogP contribution in [-0.2, 0) is 4.74 Å². The summed E-state index contributed by atoms with van der Waals surface area (Å²) in [6, 6.07) is 17.0. The highest BCUT2D eigenvalue weighted by molar-refractivity contribution is 6.16. The largest absolute Gasteiger partial charge is 0.449 e. The highest BCUT2D eigenvalue weighted by Gasteiger charge is 2.24. The van der Waals surface area contributed by atoms with Crippen molar-refractivity contribution in [2.45, 2.75) is 6.92 Å². The van der Waals surface area contributed by atoms with E-state index in [0.29, 0.717) is 11.4 Å². The zero-order valence-corrected chi connectivity index (χ0v) is 11.7. The lowest BCUT2D eigenvalue weighted by atomic mass is 10.3. The molecule has 0 atom stereocenters. The van der Waals surface area contributed by atoms with Crippen LogP contribution in [0.4, 0.5) is 21.0 Å². The summed E-state index contributed by atoms with van der Waals surface area (Å²) in [6.07, 6.45) is -0.711. The van der Waals surface area contributed by atoms with Gasteiger partial charge in [0.15, 0.2) is 0 Å². The standard InChI is InChI=1S/C16H16N2O3/c1-2-21-16(20)18(14-11-7-4-8-12-14)15(19)17-13-9-5-3-6-10-13/h3-12H,2H2,1H3,(H,17,19). The van der Waals surface area contributed by atoms with E-state index in [-0.39, 0.29) is 6.61 Å². The molecular weight excluding hydrogens is 268 g/mol. The lowest BCUT2D eigenvalue weighted by Crippen LogP contribution is -2.40. The van der Waals surface area contributed by atoms with Crippen LogP contribution in [0.25, 0.3) is 0 Å². The van der Waals surface area contributed by atoms with Crippen molar-refractivity contribution in [2.24, 2.45) is 0 Å². The van der Waals surface area contributed by atoms with Gasteiger partial charge in [-0.25, -0.2) is 9.59 Å². The molecule has 3 amide bonds. The highest BCUT2D eigenvalue weighted by atomic mass is 16.6. The van der Waals surface area contributed by atoms with E-state index in [4.69, 9.17) is 4.74 Å². The first-order valence-electron chi connectivity index (χ1n) is 6.60. The van der Waals surface area contributed by atoms with E-state index in [1.807, 2.05) is 12.1 Å². The summed E-state index contributed by atoms with van der Waals surface area (Å²) in [4.78, 5) is 25.3. The van der Waals surface area contributed by atoms with Gasteiger partial charge in [-0.3, -0.25) is 0 Å². The van der Waals surface area contributed by atoms with Crippen LogP contribution in [0.15, 0.2) is 60.7 Å². The number of benzene rings is 2. The van der Waals surface area contributed by atoms with Crippen molar-refractivity contribution in [2.75, 3.05) is 16.8 Å². The van der Waals surface area contributed by atoms with Gasteiger partial charge in [-0.1, -0.05) is 36.4 Å². The summed E-state index contributed by atoms with van der Waals surface area (Å²) in [5.74, 6) is 0. The maximum atomic E-state index is 12.3. The SMILES string of the molecule is CCOC(=O)N(C(=O)Nc1ccccc1)c1ccccc1. The Labute approximate surface area is 123 Å². The van der Waals surface area contributed by atoms with Crippen LogP contribution in [0.5, 0.6) is 0 Å². The summed E-state index contributed by atoms with van der Waals surface area (Å²) < 4.78 is 4.94. The van der Waals surface area contributed by atoms with E-state index in [9.17, 15) is 9.59 Å². The predicted octanol–water partition coefficient (Wildman–Crippen LogP) is 3.88. The molecule has 5 nitrogen and oxygen atoms in total. The molecule has 0 bridgehead atoms. The Bertz CT molecular complexity index is 599. The van der Waals surface area contributed by atoms with Crippen molar-refractivity contribution >= 4 is 23.5 Å². The molecule has 0 aliphatic heterocycles. The first-order chi connectivity index (χ1) is 10.2. The van der Waals surface area contributed by atoms with E-state index in [0.717, 1.165) is 4.90 Å². The first-order valence-corrected chi connectivity index (χ1v) is 6.60. The lowest BCUT2D eigenvalue weighted by Gasteiger charge is -2.20. The first kappa shape index (κ1) is 14.6. The maximum absolute atomic E-state index is 12.3. The molecule has 0 spiro atoms. The van der Waals surface area contributed by atoms with Gasteiger partial charge in [0.2, 0.25) is 0 Å². The number of urea groups is 1. The average molecular weight is 284 g/mol. The summed E-state index contributed by atoms with van der Waals surface area (Å²) >= 11 is 0. The van der Waals surface area contributed by atoms with E-state index in [1.54, 1.807) is 55.5 Å². The number of amides is 3. The third-order valence-corrected chi connectivity index (χ3v) is 2.69. The number of carbonyl (C=O) groups excluding carboxylic acids is 2. The molecular formula is C16H16N2O3. The van der Waals surface area contributed by atoms with E-state index in [2.05, 4.69) is 5.32 Å². The van der Waals surface area contributed by atoms with E-state index >= 15 is 0 Å². The van der Waals surface area contributed by atoms with Gasteiger partial charge in [-0.05, 0) is 31.2 Å². The molecule has 5 heteroatoms. The number of hydrogen-bond acceptors (Lipinski definition) is 3. The third-order valence-electron chi connectivity index (χ3n) is 2.69. The molecule has 0 aliphatic carbocycles. The number of rotatable bonds is 3. The number of hydrogen-bond donors (Lipinski definition) is 1. The number of nitrogens with zero attached hydrogens (tertiary/aromatic N) is 1. The van der Waals surface area contributed by atoms with Crippen molar-refractivity contribution in [1.82, 2.24) is 0 Å². The van der Waals surface area contributed by atoms with Crippen LogP contribution in [0, 0.1) is 0 Å². The summed E-state index contributed by atoms with van der Waals surface area (Å²) in [7, 11) is 0. The van der Waals surface area contributed by atoms with Crippen LogP contribution >= 0.6 is 0 Å². The topological polar surface area (TPSA) is 58.6 Å². The Morgan fingerprint density at radius 2 is 1.57 bits per heavy atom. The van der Waals surface area contributed by atoms with Crippen LogP contribution in [0.3, 0.4) is 0 Å². The smallest absolute Gasteiger partial charge is 0.422 e. The summed E-state index contributed by atoms with van der Waals surface area (Å²) in [6.45, 7) is 1.89. The number of para-hydroxylation sites is 2. The molecule has 0 fully saturated rings. The minimum absolute atomic E-state index is 0.195. The van der Waals surface area contributed by atoms with Crippen LogP contribution in [0.1, 0.15) is 6.92 Å². The van der Waals surface area contributed by atoms with Gasteiger partial charge >= 0.3 is 12.1 Å². The Balaban J connectivity index is 2.23. The van der Waals surface area contributed by atoms with Gasteiger partial charge < -0.3 is 10.1 Å². The van der Waals surface area contributed by atoms with Crippen molar-refractivity contribution < 1.29 is 14.3 Å². The molecule has 108 valence electrons. The number of anilines is 2. The molecule has 1 N–H and O–H groups in total. The quantitative estimate of drug-likeness (QED) is 0.930. The van der Waals surface area contributed by atoms with Crippen molar-refractivity contribution in [1.29, 1.82) is 0 Å². The van der Waals surface area contributed by atoms with Gasteiger partial charge in [-0.15, -0.1) is 0 Å². The second kappa shape index (κ2) is 7.09. The molecule has 0 saturated carbocycles. The molecule has 21 heavy (non-hydrogen) atoms. The number of imide groups is 1. The Morgan fingerprint density at radius 1 is 1.00 bits per heavy atom. The second-order valence-electron chi connectivity index (χ2n) is 4.17. The Kier molecular flexibility index (Phi) is 4.93. The van der Waals surface area contributed by atoms with Crippen molar-refractivity contribution in [3.63, 3.8) is 0 Å². The van der Waals surface area contributed by atoms with E-state index < -0.39 is 12.1 Å². The maximum Gasteiger partial charge on any atom is 0.422 e. The fourth-order valence-corrected chi connectivity index (χ4v) is 1.77. The summed E-state index contributed by atoms with van der Waals surface area (Å²) in [5, 5.41) is 2.67. The van der Waals surface area contributed by atoms with Crippen LogP contribution < -0.4 is 10.2 Å². The molecule has 0 aliphatic rings. The molecule has 0 saturated heterocycles. The van der Waals surface area contributed by atoms with Gasteiger partial charge in [0.1, 0.15) is 0 Å². The zero-order valence-electron chi connectivity index (χ0n) is 11.7. The Hall–Kier alpha value is -2.82. The summed E-state index contributed by atoms with van der Waals surface area (Å²) in [5.41, 5.74) is 1.05. The minimum Gasteiger partial charge on any atom is -0.449 e. The van der Waals surface area contributed by atoms with Gasteiger partial charge in [0.25, 0.3) is 0 Å². The second-order valence-corrected chi connectivity index (χ2v) is 4.17. The monoisotopic (exact) mass is 284 g/mol. The zero-order chi connectivity index (χ0) is 15.1. The van der Waals surface area contributed by atoms with Crippen LogP contribution in [-0.4, -0.2) is 18.7 Å². The molecule has 2 aromatic rings. The predicted molar refractivity (Wildman–Crippen MR) is 81.4 cm³/mol. The molecule has 0 heterocycles. The molecule has 2 rings (SSSR count). The molecule has 0 aromatic heterocycles.